The molecule has 0 spiro atoms. The van der Waals surface area contributed by atoms with Gasteiger partial charge in [0.1, 0.15) is 12.1 Å². The maximum absolute atomic E-state index is 14.5. The summed E-state index contributed by atoms with van der Waals surface area (Å²) in [6.07, 6.45) is 4.02. The van der Waals surface area contributed by atoms with Gasteiger partial charge in [-0.1, -0.05) is 81.2 Å². The lowest BCUT2D eigenvalue weighted by Gasteiger charge is -2.40. The van der Waals surface area contributed by atoms with Crippen molar-refractivity contribution in [2.24, 2.45) is 28.1 Å². The van der Waals surface area contributed by atoms with Crippen molar-refractivity contribution < 1.29 is 33.9 Å². The Morgan fingerprint density at radius 3 is 2.14 bits per heavy atom. The van der Waals surface area contributed by atoms with Crippen molar-refractivity contribution in [2.45, 2.75) is 138 Å². The zero-order valence-corrected chi connectivity index (χ0v) is 31.7. The van der Waals surface area contributed by atoms with Gasteiger partial charge in [0.15, 0.2) is 6.10 Å². The molecule has 13 heteroatoms. The van der Waals surface area contributed by atoms with Crippen molar-refractivity contribution in [3.8, 4) is 0 Å². The van der Waals surface area contributed by atoms with Crippen LogP contribution in [0.4, 0.5) is 4.79 Å². The maximum atomic E-state index is 14.5. The minimum absolute atomic E-state index is 0.00686. The number of aliphatic hydroxyl groups is 1. The molecular weight excluding hydrogens is 640 g/mol. The van der Waals surface area contributed by atoms with E-state index in [1.165, 1.54) is 11.0 Å². The van der Waals surface area contributed by atoms with Gasteiger partial charge in [0, 0.05) is 32.5 Å². The van der Waals surface area contributed by atoms with E-state index in [1.807, 2.05) is 62.3 Å². The van der Waals surface area contributed by atoms with Crippen LogP contribution in [-0.4, -0.2) is 100 Å². The van der Waals surface area contributed by atoms with Gasteiger partial charge in [0.25, 0.3) is 5.91 Å². The molecule has 3 fully saturated rings. The topological polar surface area (TPSA) is 177 Å². The molecule has 2 unspecified atom stereocenters. The number of rotatable bonds is 13. The van der Waals surface area contributed by atoms with Crippen LogP contribution < -0.4 is 21.3 Å². The molecule has 0 radical (unpaired) electrons. The number of carbonyl (C=O) groups excluding carboxylic acids is 6. The lowest BCUT2D eigenvalue weighted by molar-refractivity contribution is -0.153. The number of piperidine rings is 1. The first kappa shape index (κ1) is 40.9. The fourth-order valence-electron chi connectivity index (χ4n) is 7.50. The summed E-state index contributed by atoms with van der Waals surface area (Å²) >= 11 is 0. The molecular formula is C37H62N6O7. The number of carbonyl (C=O) groups is 6. The summed E-state index contributed by atoms with van der Waals surface area (Å²) < 4.78 is 0. The van der Waals surface area contributed by atoms with Gasteiger partial charge in [0.05, 0.1) is 12.1 Å². The number of fused-ring (bicyclic) bond motifs is 1. The zero-order chi connectivity index (χ0) is 37.8. The minimum atomic E-state index is -1.48. The van der Waals surface area contributed by atoms with Crippen LogP contribution >= 0.6 is 0 Å². The average Bonchev–Trinajstić information content (AvgIpc) is 3.59. The van der Waals surface area contributed by atoms with E-state index in [0.717, 1.165) is 19.3 Å². The second kappa shape index (κ2) is 16.2. The van der Waals surface area contributed by atoms with Gasteiger partial charge >= 0.3 is 6.03 Å². The smallest absolute Gasteiger partial charge is 0.315 e. The van der Waals surface area contributed by atoms with E-state index in [0.29, 0.717) is 19.4 Å². The van der Waals surface area contributed by atoms with Gasteiger partial charge in [-0.3, -0.25) is 28.9 Å². The summed E-state index contributed by atoms with van der Waals surface area (Å²) in [5.74, 6) is -1.96. The molecule has 1 saturated carbocycles. The SMILES string of the molecule is C=CCNC(=O)C(O)C(CCC)NC(=O)[C@@H]1[C@H]2CCC[C@H]2CN1C(=O)[C@@H](NC(=O)N[C@H](CN1C(=O)CC(C)(C)CC1=O)C(C)(C)C)C(C)(C)C. The highest BCUT2D eigenvalue weighted by atomic mass is 16.3. The van der Waals surface area contributed by atoms with Crippen LogP contribution in [0.25, 0.3) is 0 Å². The minimum Gasteiger partial charge on any atom is -0.381 e. The number of urea groups is 1. The molecule has 7 amide bonds. The normalized spacial score (nSPS) is 24.5. The molecule has 0 aromatic rings. The van der Waals surface area contributed by atoms with Crippen LogP contribution in [0.2, 0.25) is 0 Å². The molecule has 50 heavy (non-hydrogen) atoms. The van der Waals surface area contributed by atoms with Gasteiger partial charge in [-0.15, -0.1) is 6.58 Å². The third-order valence-electron chi connectivity index (χ3n) is 10.4. The first-order chi connectivity index (χ1) is 23.1. The number of nitrogens with zero attached hydrogens (tertiary/aromatic N) is 2. The number of likely N-dealkylation sites (tertiary alicyclic amines) is 2. The van der Waals surface area contributed by atoms with Crippen LogP contribution in [0, 0.1) is 28.1 Å². The van der Waals surface area contributed by atoms with Gasteiger partial charge in [-0.25, -0.2) is 4.79 Å². The molecule has 0 aromatic carbocycles. The number of imide groups is 1. The summed E-state index contributed by atoms with van der Waals surface area (Å²) in [6.45, 7) is 21.0. The van der Waals surface area contributed by atoms with Crippen LogP contribution in [0.15, 0.2) is 12.7 Å². The molecule has 1 aliphatic carbocycles. The van der Waals surface area contributed by atoms with Gasteiger partial charge in [-0.2, -0.15) is 0 Å². The fourth-order valence-corrected chi connectivity index (χ4v) is 7.50. The van der Waals surface area contributed by atoms with E-state index >= 15 is 0 Å². The van der Waals surface area contributed by atoms with E-state index in [9.17, 15) is 33.9 Å². The summed E-state index contributed by atoms with van der Waals surface area (Å²) in [7, 11) is 0. The van der Waals surface area contributed by atoms with Crippen LogP contribution in [0.3, 0.4) is 0 Å². The molecule has 13 nitrogen and oxygen atoms in total. The predicted octanol–water partition coefficient (Wildman–Crippen LogP) is 2.87. The molecule has 3 rings (SSSR count). The highest BCUT2D eigenvalue weighted by molar-refractivity contribution is 5.98. The van der Waals surface area contributed by atoms with Crippen LogP contribution in [-0.2, 0) is 24.0 Å². The number of aliphatic hydroxyl groups excluding tert-OH is 1. The summed E-state index contributed by atoms with van der Waals surface area (Å²) in [5, 5.41) is 22.1. The molecule has 282 valence electrons. The molecule has 0 aromatic heterocycles. The van der Waals surface area contributed by atoms with E-state index in [2.05, 4.69) is 27.8 Å². The first-order valence-electron chi connectivity index (χ1n) is 18.2. The summed E-state index contributed by atoms with van der Waals surface area (Å²) in [6, 6.07) is -3.92. The van der Waals surface area contributed by atoms with E-state index < -0.39 is 70.3 Å². The fraction of sp³-hybridized carbons (Fsp3) is 0.784. The standard InChI is InChI=1S/C37H62N6O7/c1-11-14-24(29(46)32(48)38-17-12-2)39-31(47)28-23-16-13-15-22(23)20-43(28)33(49)30(36(6,7)8)41-34(50)40-25(35(3,4)5)21-42-26(44)18-37(9,10)19-27(42)45/h12,22-25,28-30,46H,2,11,13-21H2,1,3-10H3,(H,38,48)(H,39,47)(H2,40,41,50)/t22-,23-,24?,25+,28-,29?,30+/m0/s1. The molecule has 5 N–H and O–H groups in total. The third kappa shape index (κ3) is 10.1. The van der Waals surface area contributed by atoms with Crippen molar-refractivity contribution >= 4 is 35.6 Å². The Labute approximate surface area is 298 Å². The molecule has 2 saturated heterocycles. The van der Waals surface area contributed by atoms with Crippen molar-refractivity contribution in [1.29, 1.82) is 0 Å². The van der Waals surface area contributed by atoms with Crippen molar-refractivity contribution in [3.05, 3.63) is 12.7 Å². The van der Waals surface area contributed by atoms with Gasteiger partial charge in [-0.05, 0) is 47.3 Å². The molecule has 2 heterocycles. The Morgan fingerprint density at radius 1 is 0.980 bits per heavy atom. The van der Waals surface area contributed by atoms with Gasteiger partial charge in [0.2, 0.25) is 23.6 Å². The van der Waals surface area contributed by atoms with Gasteiger partial charge < -0.3 is 31.3 Å². The number of hydrogen-bond donors (Lipinski definition) is 5. The van der Waals surface area contributed by atoms with Crippen molar-refractivity contribution in [2.75, 3.05) is 19.6 Å². The van der Waals surface area contributed by atoms with E-state index in [4.69, 9.17) is 0 Å². The molecule has 3 aliphatic rings. The zero-order valence-electron chi connectivity index (χ0n) is 31.7. The monoisotopic (exact) mass is 702 g/mol. The Bertz CT molecular complexity index is 1280. The lowest BCUT2D eigenvalue weighted by Crippen LogP contribution is -2.63. The number of nitrogens with one attached hydrogen (secondary N) is 4. The third-order valence-corrected chi connectivity index (χ3v) is 10.4. The average molecular weight is 703 g/mol. The second-order valence-corrected chi connectivity index (χ2v) is 17.4. The predicted molar refractivity (Wildman–Crippen MR) is 190 cm³/mol. The quantitative estimate of drug-likeness (QED) is 0.145. The lowest BCUT2D eigenvalue weighted by atomic mass is 9.80. The second-order valence-electron chi connectivity index (χ2n) is 17.4. The summed E-state index contributed by atoms with van der Waals surface area (Å²) in [4.78, 5) is 83.5. The van der Waals surface area contributed by atoms with E-state index in [1.54, 1.807) is 4.90 Å². The highest BCUT2D eigenvalue weighted by Gasteiger charge is 2.52. The Hall–Kier alpha value is -3.48. The number of hydrogen-bond acceptors (Lipinski definition) is 7. The highest BCUT2D eigenvalue weighted by Crippen LogP contribution is 2.43. The molecule has 7 atom stereocenters. The van der Waals surface area contributed by atoms with Crippen molar-refractivity contribution in [1.82, 2.24) is 31.1 Å². The number of amides is 7. The van der Waals surface area contributed by atoms with Crippen molar-refractivity contribution in [3.63, 3.8) is 0 Å². The van der Waals surface area contributed by atoms with Crippen LogP contribution in [0.5, 0.6) is 0 Å². The Balaban J connectivity index is 1.82. The maximum Gasteiger partial charge on any atom is 0.315 e. The largest absolute Gasteiger partial charge is 0.381 e. The summed E-state index contributed by atoms with van der Waals surface area (Å²) in [5.41, 5.74) is -1.71. The first-order valence-corrected chi connectivity index (χ1v) is 18.2. The Kier molecular flexibility index (Phi) is 13.3. The molecule has 2 aliphatic heterocycles. The molecule has 0 bridgehead atoms. The van der Waals surface area contributed by atoms with E-state index in [-0.39, 0.29) is 49.6 Å². The van der Waals surface area contributed by atoms with Crippen LogP contribution in [0.1, 0.15) is 107 Å². The Morgan fingerprint density at radius 2 is 1.60 bits per heavy atom.